The summed E-state index contributed by atoms with van der Waals surface area (Å²) in [5.74, 6) is 0.237. The smallest absolute Gasteiger partial charge is 0.222 e. The molecule has 0 aliphatic carbocycles. The SMILES string of the molecule is CN(C)C(=O)CCCN(C)C1CCCNCC1. The Kier molecular flexibility index (Phi) is 6.52. The molecule has 100 valence electrons. The van der Waals surface area contributed by atoms with Crippen LogP contribution in [0.1, 0.15) is 32.1 Å². The van der Waals surface area contributed by atoms with Crippen LogP contribution in [0.2, 0.25) is 0 Å². The van der Waals surface area contributed by atoms with Gasteiger partial charge in [-0.2, -0.15) is 0 Å². The fourth-order valence-corrected chi connectivity index (χ4v) is 2.33. The highest BCUT2D eigenvalue weighted by molar-refractivity contribution is 5.75. The summed E-state index contributed by atoms with van der Waals surface area (Å²) in [6, 6.07) is 0.694. The van der Waals surface area contributed by atoms with Crippen LogP contribution in [0.4, 0.5) is 0 Å². The van der Waals surface area contributed by atoms with Crippen LogP contribution in [-0.2, 0) is 4.79 Å². The molecule has 0 aromatic heterocycles. The molecule has 1 unspecified atom stereocenters. The number of hydrogen-bond acceptors (Lipinski definition) is 3. The number of nitrogens with one attached hydrogen (secondary N) is 1. The first-order valence-corrected chi connectivity index (χ1v) is 6.72. The summed E-state index contributed by atoms with van der Waals surface area (Å²) < 4.78 is 0. The van der Waals surface area contributed by atoms with Gasteiger partial charge in [0, 0.05) is 26.6 Å². The Morgan fingerprint density at radius 3 is 2.71 bits per heavy atom. The molecule has 0 spiro atoms. The lowest BCUT2D eigenvalue weighted by atomic mass is 10.1. The lowest BCUT2D eigenvalue weighted by Gasteiger charge is -2.26. The van der Waals surface area contributed by atoms with E-state index in [2.05, 4.69) is 17.3 Å². The van der Waals surface area contributed by atoms with Gasteiger partial charge in [0.2, 0.25) is 5.91 Å². The van der Waals surface area contributed by atoms with Gasteiger partial charge < -0.3 is 15.1 Å². The van der Waals surface area contributed by atoms with E-state index in [9.17, 15) is 4.79 Å². The molecule has 4 nitrogen and oxygen atoms in total. The lowest BCUT2D eigenvalue weighted by Crippen LogP contribution is -2.34. The Hall–Kier alpha value is -0.610. The van der Waals surface area contributed by atoms with Gasteiger partial charge in [0.05, 0.1) is 0 Å². The van der Waals surface area contributed by atoms with Gasteiger partial charge in [-0.1, -0.05) is 0 Å². The summed E-state index contributed by atoms with van der Waals surface area (Å²) in [4.78, 5) is 15.6. The molecule has 1 aliphatic heterocycles. The fraction of sp³-hybridized carbons (Fsp3) is 0.923. The maximum absolute atomic E-state index is 11.5. The third kappa shape index (κ3) is 5.50. The molecular formula is C13H27N3O. The number of amides is 1. The van der Waals surface area contributed by atoms with Crippen LogP contribution in [0, 0.1) is 0 Å². The van der Waals surface area contributed by atoms with Crippen molar-refractivity contribution in [3.05, 3.63) is 0 Å². The minimum absolute atomic E-state index is 0.237. The molecule has 1 rings (SSSR count). The highest BCUT2D eigenvalue weighted by Gasteiger charge is 2.16. The molecule has 17 heavy (non-hydrogen) atoms. The van der Waals surface area contributed by atoms with E-state index < -0.39 is 0 Å². The molecule has 1 aliphatic rings. The Bertz CT molecular complexity index is 223. The monoisotopic (exact) mass is 241 g/mol. The first kappa shape index (κ1) is 14.5. The molecular weight excluding hydrogens is 214 g/mol. The summed E-state index contributed by atoms with van der Waals surface area (Å²) in [5.41, 5.74) is 0. The van der Waals surface area contributed by atoms with Crippen LogP contribution in [0.5, 0.6) is 0 Å². The van der Waals surface area contributed by atoms with Crippen molar-refractivity contribution in [1.29, 1.82) is 0 Å². The van der Waals surface area contributed by atoms with E-state index in [0.29, 0.717) is 12.5 Å². The zero-order valence-corrected chi connectivity index (χ0v) is 11.5. The van der Waals surface area contributed by atoms with Gasteiger partial charge in [-0.25, -0.2) is 0 Å². The third-order valence-electron chi connectivity index (χ3n) is 3.57. The van der Waals surface area contributed by atoms with Crippen LogP contribution in [0.25, 0.3) is 0 Å². The maximum Gasteiger partial charge on any atom is 0.222 e. The summed E-state index contributed by atoms with van der Waals surface area (Å²) in [6.07, 6.45) is 5.43. The summed E-state index contributed by atoms with van der Waals surface area (Å²) in [7, 11) is 5.84. The second-order valence-electron chi connectivity index (χ2n) is 5.21. The molecule has 1 amide bonds. The largest absolute Gasteiger partial charge is 0.349 e. The van der Waals surface area contributed by atoms with Gasteiger partial charge in [0.1, 0.15) is 0 Å². The molecule has 1 atom stereocenters. The van der Waals surface area contributed by atoms with Gasteiger partial charge >= 0.3 is 0 Å². The van der Waals surface area contributed by atoms with Crippen molar-refractivity contribution in [2.45, 2.75) is 38.1 Å². The Morgan fingerprint density at radius 1 is 1.24 bits per heavy atom. The predicted octanol–water partition coefficient (Wildman–Crippen LogP) is 0.929. The second-order valence-corrected chi connectivity index (χ2v) is 5.21. The van der Waals surface area contributed by atoms with E-state index in [1.807, 2.05) is 14.1 Å². The van der Waals surface area contributed by atoms with Crippen LogP contribution in [0.15, 0.2) is 0 Å². The topological polar surface area (TPSA) is 35.6 Å². The molecule has 0 aromatic rings. The number of carbonyl (C=O) groups is 1. The van der Waals surface area contributed by atoms with E-state index in [-0.39, 0.29) is 5.91 Å². The number of nitrogens with zero attached hydrogens (tertiary/aromatic N) is 2. The average Bonchev–Trinajstić information content (AvgIpc) is 2.57. The minimum Gasteiger partial charge on any atom is -0.349 e. The fourth-order valence-electron chi connectivity index (χ4n) is 2.33. The van der Waals surface area contributed by atoms with Gasteiger partial charge in [-0.15, -0.1) is 0 Å². The molecule has 1 saturated heterocycles. The number of carbonyl (C=O) groups excluding carboxylic acids is 1. The quantitative estimate of drug-likeness (QED) is 0.778. The predicted molar refractivity (Wildman–Crippen MR) is 71.1 cm³/mol. The molecule has 1 N–H and O–H groups in total. The lowest BCUT2D eigenvalue weighted by molar-refractivity contribution is -0.128. The number of hydrogen-bond donors (Lipinski definition) is 1. The van der Waals surface area contributed by atoms with E-state index in [0.717, 1.165) is 26.1 Å². The summed E-state index contributed by atoms with van der Waals surface area (Å²) in [6.45, 7) is 3.32. The van der Waals surface area contributed by atoms with E-state index in [1.165, 1.54) is 19.3 Å². The average molecular weight is 241 g/mol. The van der Waals surface area contributed by atoms with Crippen molar-refractivity contribution in [3.63, 3.8) is 0 Å². The van der Waals surface area contributed by atoms with Crippen LogP contribution < -0.4 is 5.32 Å². The molecule has 1 fully saturated rings. The van der Waals surface area contributed by atoms with Crippen molar-refractivity contribution in [3.8, 4) is 0 Å². The molecule has 0 saturated carbocycles. The molecule has 0 bridgehead atoms. The molecule has 4 heteroatoms. The van der Waals surface area contributed by atoms with Crippen molar-refractivity contribution in [2.24, 2.45) is 0 Å². The highest BCUT2D eigenvalue weighted by Crippen LogP contribution is 2.12. The minimum atomic E-state index is 0.237. The Balaban J connectivity index is 2.19. The summed E-state index contributed by atoms with van der Waals surface area (Å²) >= 11 is 0. The van der Waals surface area contributed by atoms with Gasteiger partial charge in [-0.3, -0.25) is 4.79 Å². The van der Waals surface area contributed by atoms with Gasteiger partial charge in [0.25, 0.3) is 0 Å². The zero-order chi connectivity index (χ0) is 12.7. The Labute approximate surface area is 105 Å². The second kappa shape index (κ2) is 7.67. The first-order chi connectivity index (χ1) is 8.11. The van der Waals surface area contributed by atoms with Crippen molar-refractivity contribution >= 4 is 5.91 Å². The van der Waals surface area contributed by atoms with Gasteiger partial charge in [-0.05, 0) is 52.4 Å². The van der Waals surface area contributed by atoms with E-state index in [4.69, 9.17) is 0 Å². The van der Waals surface area contributed by atoms with Crippen LogP contribution in [-0.4, -0.2) is 62.5 Å². The van der Waals surface area contributed by atoms with Crippen LogP contribution >= 0.6 is 0 Å². The highest BCUT2D eigenvalue weighted by atomic mass is 16.2. The summed E-state index contributed by atoms with van der Waals surface area (Å²) in [5, 5.41) is 3.43. The van der Waals surface area contributed by atoms with E-state index in [1.54, 1.807) is 4.90 Å². The maximum atomic E-state index is 11.5. The van der Waals surface area contributed by atoms with Crippen molar-refractivity contribution < 1.29 is 4.79 Å². The third-order valence-corrected chi connectivity index (χ3v) is 3.57. The molecule has 1 heterocycles. The van der Waals surface area contributed by atoms with Crippen molar-refractivity contribution in [2.75, 3.05) is 40.8 Å². The normalized spacial score (nSPS) is 21.3. The van der Waals surface area contributed by atoms with Crippen molar-refractivity contribution in [1.82, 2.24) is 15.1 Å². The first-order valence-electron chi connectivity index (χ1n) is 6.72. The van der Waals surface area contributed by atoms with Crippen LogP contribution in [0.3, 0.4) is 0 Å². The zero-order valence-electron chi connectivity index (χ0n) is 11.5. The Morgan fingerprint density at radius 2 is 2.00 bits per heavy atom. The number of rotatable bonds is 5. The van der Waals surface area contributed by atoms with E-state index >= 15 is 0 Å². The standard InChI is InChI=1S/C13H27N3O/c1-15(2)13(17)7-5-11-16(3)12-6-4-9-14-10-8-12/h12,14H,4-11H2,1-3H3. The molecule has 0 aromatic carbocycles. The van der Waals surface area contributed by atoms with Gasteiger partial charge in [0.15, 0.2) is 0 Å². The molecule has 0 radical (unpaired) electrons.